The molecule has 6 heavy (non-hydrogen) atoms. The maximum absolute atomic E-state index is 2.40. The van der Waals surface area contributed by atoms with Crippen molar-refractivity contribution in [1.82, 2.24) is 6.15 Å². The molecule has 2 heteroatoms. The maximum atomic E-state index is 2.40. The van der Waals surface area contributed by atoms with E-state index in [9.17, 15) is 0 Å². The van der Waals surface area contributed by atoms with Crippen LogP contribution in [0.5, 0.6) is 0 Å². The summed E-state index contributed by atoms with van der Waals surface area (Å²) in [6.07, 6.45) is 0. The second kappa shape index (κ2) is 2.85. The van der Waals surface area contributed by atoms with Crippen molar-refractivity contribution in [2.24, 2.45) is 0 Å². The van der Waals surface area contributed by atoms with Crippen LogP contribution in [0.25, 0.3) is 0 Å². The van der Waals surface area contributed by atoms with Crippen LogP contribution < -0.4 is 6.15 Å². The predicted molar refractivity (Wildman–Crippen MR) is 34.2 cm³/mol. The van der Waals surface area contributed by atoms with Crippen molar-refractivity contribution in [2.75, 3.05) is 0 Å². The first-order chi connectivity index (χ1) is 2.00. The molecule has 0 saturated carbocycles. The average Bonchev–Trinajstić information content (AvgIpc) is 0.722. The summed E-state index contributed by atoms with van der Waals surface area (Å²) in [4.78, 5) is 9.59. The van der Waals surface area contributed by atoms with E-state index in [0.29, 0.717) is 0 Å². The monoisotopic (exact) mass is 197 g/mol. The second-order valence-electron chi connectivity index (χ2n) is 3.00. The molecule has 0 aromatic heterocycles. The molecule has 3 N–H and O–H groups in total. The molecule has 1 nitrogen and oxygen atoms in total. The van der Waals surface area contributed by atoms with Crippen molar-refractivity contribution >= 4 is 18.4 Å². The van der Waals surface area contributed by atoms with Crippen LogP contribution in [0.2, 0.25) is 19.8 Å². The summed E-state index contributed by atoms with van der Waals surface area (Å²) in [6, 6.07) is 0. The quantitative estimate of drug-likeness (QED) is 0.591. The van der Waals surface area contributed by atoms with Gasteiger partial charge in [0, 0.05) is 0 Å². The molecule has 0 spiro atoms. The molecule has 0 amide bonds. The fourth-order valence-electron chi connectivity index (χ4n) is 0. The van der Waals surface area contributed by atoms with E-state index >= 15 is 0 Å². The van der Waals surface area contributed by atoms with Gasteiger partial charge in [-0.25, -0.2) is 0 Å². The standard InChI is InChI=1S/4CH3.H3N.Sn/h5*1H3;. The van der Waals surface area contributed by atoms with Crippen LogP contribution in [0.4, 0.5) is 0 Å². The third-order valence-electron chi connectivity index (χ3n) is 0. The van der Waals surface area contributed by atoms with Gasteiger partial charge >= 0.3 is 38.1 Å². The molecule has 0 aliphatic heterocycles. The van der Waals surface area contributed by atoms with Gasteiger partial charge in [0.15, 0.2) is 0 Å². The Kier molecular flexibility index (Phi) is 4.71. The van der Waals surface area contributed by atoms with E-state index in [1.54, 1.807) is 0 Å². The predicted octanol–water partition coefficient (Wildman–Crippen LogP) is 2.12. The van der Waals surface area contributed by atoms with Gasteiger partial charge in [-0.2, -0.15) is 0 Å². The van der Waals surface area contributed by atoms with Gasteiger partial charge in [-0.15, -0.1) is 0 Å². The van der Waals surface area contributed by atoms with E-state index in [1.807, 2.05) is 0 Å². The first-order valence-corrected chi connectivity index (χ1v) is 13.4. The summed E-state index contributed by atoms with van der Waals surface area (Å²) in [5.74, 6) is 0. The first-order valence-electron chi connectivity index (χ1n) is 2.00. The molecule has 0 saturated heterocycles. The molecule has 0 aliphatic rings. The van der Waals surface area contributed by atoms with Gasteiger partial charge in [-0.1, -0.05) is 0 Å². The molecular formula is C4H15NSn. The molecule has 0 fully saturated rings. The fraction of sp³-hybridized carbons (Fsp3) is 1.00. The molecule has 0 rings (SSSR count). The fourth-order valence-corrected chi connectivity index (χ4v) is 0. The van der Waals surface area contributed by atoms with E-state index in [2.05, 4.69) is 19.8 Å². The Morgan fingerprint density at radius 3 is 0.833 bits per heavy atom. The van der Waals surface area contributed by atoms with Gasteiger partial charge < -0.3 is 6.15 Å². The molecule has 0 bridgehead atoms. The summed E-state index contributed by atoms with van der Waals surface area (Å²) < 4.78 is 0. The molecule has 0 aliphatic carbocycles. The third kappa shape index (κ3) is 117. The SMILES string of the molecule is N.[CH3][Sn]([CH3])([CH3])[CH3]. The Hall–Kier alpha value is 0.759. The number of hydrogen-bond acceptors (Lipinski definition) is 1. The van der Waals surface area contributed by atoms with E-state index in [-0.39, 0.29) is 6.15 Å². The van der Waals surface area contributed by atoms with Crippen molar-refractivity contribution in [2.45, 2.75) is 19.8 Å². The summed E-state index contributed by atoms with van der Waals surface area (Å²) in [6.45, 7) is 0. The first kappa shape index (κ1) is 9.90. The Morgan fingerprint density at radius 2 is 0.833 bits per heavy atom. The van der Waals surface area contributed by atoms with Crippen LogP contribution in [0.1, 0.15) is 0 Å². The summed E-state index contributed by atoms with van der Waals surface area (Å²) in [5, 5.41) is 0. The van der Waals surface area contributed by atoms with Gasteiger partial charge in [-0.05, 0) is 0 Å². The summed E-state index contributed by atoms with van der Waals surface area (Å²) in [5.41, 5.74) is 0. The molecule has 0 radical (unpaired) electrons. The second-order valence-corrected chi connectivity index (χ2v) is 20.1. The zero-order valence-corrected chi connectivity index (χ0v) is 8.06. The van der Waals surface area contributed by atoms with Crippen LogP contribution in [-0.4, -0.2) is 18.4 Å². The number of rotatable bonds is 0. The Balaban J connectivity index is 0. The Morgan fingerprint density at radius 1 is 0.833 bits per heavy atom. The van der Waals surface area contributed by atoms with Crippen LogP contribution in [0.3, 0.4) is 0 Å². The molecular weight excluding hydrogens is 181 g/mol. The number of hydrogen-bond donors (Lipinski definition) is 1. The van der Waals surface area contributed by atoms with Crippen molar-refractivity contribution in [3.05, 3.63) is 0 Å². The van der Waals surface area contributed by atoms with Gasteiger partial charge in [0.2, 0.25) is 0 Å². The van der Waals surface area contributed by atoms with E-state index < -0.39 is 18.4 Å². The van der Waals surface area contributed by atoms with Gasteiger partial charge in [-0.3, -0.25) is 0 Å². The topological polar surface area (TPSA) is 35.0 Å². The molecule has 0 heterocycles. The van der Waals surface area contributed by atoms with Crippen LogP contribution >= 0.6 is 0 Å². The molecule has 40 valence electrons. The van der Waals surface area contributed by atoms with Crippen LogP contribution in [0.15, 0.2) is 0 Å². The van der Waals surface area contributed by atoms with Gasteiger partial charge in [0.05, 0.1) is 0 Å². The summed E-state index contributed by atoms with van der Waals surface area (Å²) in [7, 11) is 0. The third-order valence-corrected chi connectivity index (χ3v) is 0. The summed E-state index contributed by atoms with van der Waals surface area (Å²) >= 11 is -1.18. The van der Waals surface area contributed by atoms with Crippen molar-refractivity contribution in [1.29, 1.82) is 0 Å². The van der Waals surface area contributed by atoms with E-state index in [0.717, 1.165) is 0 Å². The van der Waals surface area contributed by atoms with Crippen molar-refractivity contribution in [3.8, 4) is 0 Å². The minimum absolute atomic E-state index is 0. The minimum atomic E-state index is -1.18. The van der Waals surface area contributed by atoms with Gasteiger partial charge in [0.1, 0.15) is 0 Å². The van der Waals surface area contributed by atoms with Crippen LogP contribution in [0, 0.1) is 0 Å². The van der Waals surface area contributed by atoms with Gasteiger partial charge in [0.25, 0.3) is 0 Å². The molecule has 0 aromatic carbocycles. The van der Waals surface area contributed by atoms with Crippen molar-refractivity contribution < 1.29 is 0 Å². The Labute approximate surface area is 44.6 Å². The molecule has 0 unspecified atom stereocenters. The zero-order valence-electron chi connectivity index (χ0n) is 5.21. The Bertz CT molecular complexity index is 23.0. The van der Waals surface area contributed by atoms with E-state index in [4.69, 9.17) is 0 Å². The molecule has 0 atom stereocenters. The average molecular weight is 196 g/mol. The molecule has 0 aromatic rings. The zero-order chi connectivity index (χ0) is 4.50. The van der Waals surface area contributed by atoms with Crippen LogP contribution in [-0.2, 0) is 0 Å². The van der Waals surface area contributed by atoms with E-state index in [1.165, 1.54) is 0 Å². The van der Waals surface area contributed by atoms with Crippen molar-refractivity contribution in [3.63, 3.8) is 0 Å². The normalized spacial score (nSPS) is 10.0.